The molecule has 2 N–H and O–H groups in total. The standard InChI is InChI=1S/C8H13N3O/c1-9-8-11-7(5-12-8)4-10-6-2-3-6/h5-6,10H,2-4H2,1H3,(H,9,11). The van der Waals surface area contributed by atoms with Crippen molar-refractivity contribution >= 4 is 6.01 Å². The van der Waals surface area contributed by atoms with E-state index in [0.29, 0.717) is 6.01 Å². The van der Waals surface area contributed by atoms with Gasteiger partial charge in [-0.15, -0.1) is 0 Å². The van der Waals surface area contributed by atoms with Crippen LogP contribution in [0.15, 0.2) is 10.7 Å². The summed E-state index contributed by atoms with van der Waals surface area (Å²) in [5.74, 6) is 0. The van der Waals surface area contributed by atoms with Crippen molar-refractivity contribution in [2.75, 3.05) is 12.4 Å². The second kappa shape index (κ2) is 3.15. The predicted molar refractivity (Wildman–Crippen MR) is 45.9 cm³/mol. The molecule has 0 bridgehead atoms. The van der Waals surface area contributed by atoms with Crippen LogP contribution in [0.5, 0.6) is 0 Å². The molecule has 1 aromatic rings. The van der Waals surface area contributed by atoms with E-state index in [4.69, 9.17) is 4.42 Å². The Morgan fingerprint density at radius 3 is 3.08 bits per heavy atom. The molecule has 1 fully saturated rings. The Kier molecular flexibility index (Phi) is 1.99. The highest BCUT2D eigenvalue weighted by atomic mass is 16.4. The Hall–Kier alpha value is -1.03. The SMILES string of the molecule is CNc1nc(CNC2CC2)co1. The lowest BCUT2D eigenvalue weighted by Gasteiger charge is -1.95. The van der Waals surface area contributed by atoms with Gasteiger partial charge in [-0.3, -0.25) is 0 Å². The smallest absolute Gasteiger partial charge is 0.294 e. The van der Waals surface area contributed by atoms with Gasteiger partial charge in [-0.05, 0) is 12.8 Å². The molecule has 0 aliphatic heterocycles. The van der Waals surface area contributed by atoms with E-state index in [1.165, 1.54) is 12.8 Å². The second-order valence-electron chi connectivity index (χ2n) is 3.05. The second-order valence-corrected chi connectivity index (χ2v) is 3.05. The van der Waals surface area contributed by atoms with Crippen molar-refractivity contribution < 1.29 is 4.42 Å². The first-order chi connectivity index (χ1) is 5.88. The molecule has 0 aromatic carbocycles. The number of oxazole rings is 1. The third-order valence-corrected chi connectivity index (χ3v) is 1.91. The summed E-state index contributed by atoms with van der Waals surface area (Å²) >= 11 is 0. The molecule has 66 valence electrons. The van der Waals surface area contributed by atoms with Gasteiger partial charge in [0.25, 0.3) is 6.01 Å². The van der Waals surface area contributed by atoms with Gasteiger partial charge >= 0.3 is 0 Å². The average molecular weight is 167 g/mol. The topological polar surface area (TPSA) is 50.1 Å². The molecule has 1 heterocycles. The molecule has 4 heteroatoms. The van der Waals surface area contributed by atoms with Gasteiger partial charge in [-0.2, -0.15) is 4.98 Å². The van der Waals surface area contributed by atoms with Crippen LogP contribution in [0.25, 0.3) is 0 Å². The van der Waals surface area contributed by atoms with E-state index in [0.717, 1.165) is 18.3 Å². The van der Waals surface area contributed by atoms with E-state index < -0.39 is 0 Å². The quantitative estimate of drug-likeness (QED) is 0.701. The number of nitrogens with one attached hydrogen (secondary N) is 2. The first kappa shape index (κ1) is 7.61. The third-order valence-electron chi connectivity index (χ3n) is 1.91. The summed E-state index contributed by atoms with van der Waals surface area (Å²) < 4.78 is 5.10. The van der Waals surface area contributed by atoms with Crippen molar-refractivity contribution in [3.63, 3.8) is 0 Å². The van der Waals surface area contributed by atoms with Crippen LogP contribution < -0.4 is 10.6 Å². The first-order valence-electron chi connectivity index (χ1n) is 4.24. The maximum atomic E-state index is 5.10. The van der Waals surface area contributed by atoms with Crippen molar-refractivity contribution in [3.8, 4) is 0 Å². The number of hydrogen-bond acceptors (Lipinski definition) is 4. The molecule has 2 rings (SSSR count). The lowest BCUT2D eigenvalue weighted by Crippen LogP contribution is -2.15. The van der Waals surface area contributed by atoms with Crippen LogP contribution in [-0.2, 0) is 6.54 Å². The highest BCUT2D eigenvalue weighted by Crippen LogP contribution is 2.19. The fourth-order valence-corrected chi connectivity index (χ4v) is 1.04. The lowest BCUT2D eigenvalue weighted by atomic mass is 10.5. The lowest BCUT2D eigenvalue weighted by molar-refractivity contribution is 0.571. The van der Waals surface area contributed by atoms with E-state index in [9.17, 15) is 0 Å². The Labute approximate surface area is 71.4 Å². The summed E-state index contributed by atoms with van der Waals surface area (Å²) in [6.45, 7) is 0.815. The molecule has 0 unspecified atom stereocenters. The zero-order valence-corrected chi connectivity index (χ0v) is 7.13. The van der Waals surface area contributed by atoms with Gasteiger partial charge in [0.15, 0.2) is 0 Å². The first-order valence-corrected chi connectivity index (χ1v) is 4.24. The van der Waals surface area contributed by atoms with Crippen LogP contribution in [0, 0.1) is 0 Å². The van der Waals surface area contributed by atoms with Crippen molar-refractivity contribution in [1.29, 1.82) is 0 Å². The molecular weight excluding hydrogens is 154 g/mol. The van der Waals surface area contributed by atoms with Crippen molar-refractivity contribution in [3.05, 3.63) is 12.0 Å². The Morgan fingerprint density at radius 2 is 2.50 bits per heavy atom. The van der Waals surface area contributed by atoms with Gasteiger partial charge in [-0.25, -0.2) is 0 Å². The van der Waals surface area contributed by atoms with Crippen molar-refractivity contribution in [1.82, 2.24) is 10.3 Å². The van der Waals surface area contributed by atoms with Crippen LogP contribution in [0.3, 0.4) is 0 Å². The molecule has 0 amide bonds. The molecule has 0 saturated heterocycles. The Bertz CT molecular complexity index is 255. The molecule has 1 aromatic heterocycles. The maximum absolute atomic E-state index is 5.10. The molecule has 0 spiro atoms. The van der Waals surface area contributed by atoms with Gasteiger partial charge in [0.1, 0.15) is 6.26 Å². The number of hydrogen-bond donors (Lipinski definition) is 2. The average Bonchev–Trinajstić information content (AvgIpc) is 2.81. The monoisotopic (exact) mass is 167 g/mol. The zero-order chi connectivity index (χ0) is 8.39. The molecular formula is C8H13N3O. The van der Waals surface area contributed by atoms with Crippen molar-refractivity contribution in [2.45, 2.75) is 25.4 Å². The fourth-order valence-electron chi connectivity index (χ4n) is 1.04. The summed E-state index contributed by atoms with van der Waals surface area (Å²) in [6.07, 6.45) is 4.29. The van der Waals surface area contributed by atoms with Gasteiger partial charge in [-0.1, -0.05) is 0 Å². The number of rotatable bonds is 4. The van der Waals surface area contributed by atoms with Gasteiger partial charge in [0, 0.05) is 19.6 Å². The van der Waals surface area contributed by atoms with Gasteiger partial charge in [0.05, 0.1) is 5.69 Å². The van der Waals surface area contributed by atoms with E-state index in [1.807, 2.05) is 0 Å². The summed E-state index contributed by atoms with van der Waals surface area (Å²) in [4.78, 5) is 4.19. The van der Waals surface area contributed by atoms with Crippen LogP contribution in [-0.4, -0.2) is 18.1 Å². The molecule has 4 nitrogen and oxygen atoms in total. The fraction of sp³-hybridized carbons (Fsp3) is 0.625. The Morgan fingerprint density at radius 1 is 1.67 bits per heavy atom. The largest absolute Gasteiger partial charge is 0.432 e. The molecule has 1 saturated carbocycles. The molecule has 1 aliphatic rings. The van der Waals surface area contributed by atoms with E-state index >= 15 is 0 Å². The maximum Gasteiger partial charge on any atom is 0.294 e. The third kappa shape index (κ3) is 1.76. The molecule has 1 aliphatic carbocycles. The minimum absolute atomic E-state index is 0.586. The summed E-state index contributed by atoms with van der Waals surface area (Å²) in [6, 6.07) is 1.31. The minimum atomic E-state index is 0.586. The van der Waals surface area contributed by atoms with E-state index in [2.05, 4.69) is 15.6 Å². The molecule has 0 atom stereocenters. The normalized spacial score (nSPS) is 16.4. The summed E-state index contributed by atoms with van der Waals surface area (Å²) in [5, 5.41) is 6.21. The van der Waals surface area contributed by atoms with Crippen molar-refractivity contribution in [2.24, 2.45) is 0 Å². The van der Waals surface area contributed by atoms with Crippen LogP contribution in [0.1, 0.15) is 18.5 Å². The minimum Gasteiger partial charge on any atom is -0.432 e. The number of aromatic nitrogens is 1. The predicted octanol–water partition coefficient (Wildman–Crippen LogP) is 0.968. The number of anilines is 1. The highest BCUT2D eigenvalue weighted by molar-refractivity contribution is 5.19. The summed E-state index contributed by atoms with van der Waals surface area (Å²) in [7, 11) is 1.80. The van der Waals surface area contributed by atoms with Crippen LogP contribution in [0.4, 0.5) is 6.01 Å². The Balaban J connectivity index is 1.84. The zero-order valence-electron chi connectivity index (χ0n) is 7.13. The van der Waals surface area contributed by atoms with Crippen LogP contribution in [0.2, 0.25) is 0 Å². The van der Waals surface area contributed by atoms with Gasteiger partial charge in [0.2, 0.25) is 0 Å². The molecule has 0 radical (unpaired) electrons. The summed E-state index contributed by atoms with van der Waals surface area (Å²) in [5.41, 5.74) is 0.964. The van der Waals surface area contributed by atoms with Crippen LogP contribution >= 0.6 is 0 Å². The van der Waals surface area contributed by atoms with E-state index in [1.54, 1.807) is 13.3 Å². The highest BCUT2D eigenvalue weighted by Gasteiger charge is 2.20. The van der Waals surface area contributed by atoms with E-state index in [-0.39, 0.29) is 0 Å². The molecule has 12 heavy (non-hydrogen) atoms. The van der Waals surface area contributed by atoms with Gasteiger partial charge < -0.3 is 15.1 Å². The number of nitrogens with zero attached hydrogens (tertiary/aromatic N) is 1.